The normalized spacial score (nSPS) is 17.3. The number of hydrogen-bond donors (Lipinski definition) is 1. The van der Waals surface area contributed by atoms with Gasteiger partial charge in [0.05, 0.1) is 50.5 Å². The molecule has 4 rings (SSSR count). The Kier molecular flexibility index (Phi) is 5.21. The van der Waals surface area contributed by atoms with E-state index in [1.807, 2.05) is 0 Å². The summed E-state index contributed by atoms with van der Waals surface area (Å²) in [6.07, 6.45) is -0.492. The first-order valence-electron chi connectivity index (χ1n) is 19.5. The molecule has 0 radical (unpaired) electrons. The number of aryl methyl sites for hydroxylation is 1. The summed E-state index contributed by atoms with van der Waals surface area (Å²) in [4.78, 5) is 22.0. The van der Waals surface area contributed by atoms with E-state index in [4.69, 9.17) is 41.6 Å². The number of likely N-dealkylation sites (N-methyl/N-ethyl adjacent to an activating group) is 1. The summed E-state index contributed by atoms with van der Waals surface area (Å²) in [5, 5.41) is 11.7. The molecule has 0 saturated carbocycles. The average Bonchev–Trinajstić information content (AvgIpc) is 3.11. The van der Waals surface area contributed by atoms with Crippen LogP contribution in [0.2, 0.25) is 5.02 Å². The number of ether oxygens (including phenoxy) is 2. The maximum Gasteiger partial charge on any atom is 0.159 e. The topological polar surface area (TPSA) is 100 Å². The molecule has 0 fully saturated rings. The van der Waals surface area contributed by atoms with Crippen molar-refractivity contribution in [1.82, 2.24) is 14.9 Å². The van der Waals surface area contributed by atoms with Crippen molar-refractivity contribution in [1.29, 1.82) is 5.26 Å². The van der Waals surface area contributed by atoms with Crippen LogP contribution in [0.15, 0.2) is 66.6 Å². The number of ketones is 1. The number of rotatable bonds is 12. The summed E-state index contributed by atoms with van der Waals surface area (Å²) in [5.41, 5.74) is -2.96. The molecule has 2 aromatic carbocycles. The number of aromatic nitrogens is 2. The van der Waals surface area contributed by atoms with Crippen LogP contribution in [0.5, 0.6) is 11.5 Å². The van der Waals surface area contributed by atoms with Gasteiger partial charge >= 0.3 is 0 Å². The number of allylic oxidation sites excluding steroid dienone is 1. The summed E-state index contributed by atoms with van der Waals surface area (Å²) in [6, 6.07) is -4.04. The van der Waals surface area contributed by atoms with Crippen molar-refractivity contribution in [2.75, 3.05) is 32.5 Å². The van der Waals surface area contributed by atoms with E-state index in [-0.39, 0.29) is 40.6 Å². The van der Waals surface area contributed by atoms with Crippen molar-refractivity contribution >= 4 is 39.7 Å². The van der Waals surface area contributed by atoms with Crippen molar-refractivity contribution in [2.45, 2.75) is 26.8 Å². The van der Waals surface area contributed by atoms with Gasteiger partial charge in [0.1, 0.15) is 24.1 Å². The van der Waals surface area contributed by atoms with Gasteiger partial charge < -0.3 is 19.7 Å². The monoisotopic (exact) mass is 584 g/mol. The molecule has 210 valence electrons. The van der Waals surface area contributed by atoms with Gasteiger partial charge in [-0.15, -0.1) is 0 Å². The SMILES string of the molecule is [2H]/C(=C\C(=O)Cc1c(OCC)c([2H])c2nc([2H])c(C#N)c(Nc3c([2H])c([2H])c(OC([2H])([2H])c4nc(C)c([2H])c([2H])c4[2H])c(Cl)c3[2H])c2c1[2H])CN(C)C([2H])([2H])[2H]. The van der Waals surface area contributed by atoms with Gasteiger partial charge in [0, 0.05) is 51.6 Å². The number of hydrogen-bond acceptors (Lipinski definition) is 8. The van der Waals surface area contributed by atoms with Crippen molar-refractivity contribution in [3.8, 4) is 17.6 Å². The first kappa shape index (κ1) is 15.5. The average molecular weight is 585 g/mol. The minimum Gasteiger partial charge on any atom is -0.494 e. The molecule has 0 amide bonds. The minimum atomic E-state index is -3.06. The lowest BCUT2D eigenvalue weighted by Gasteiger charge is -2.16. The molecule has 41 heavy (non-hydrogen) atoms. The van der Waals surface area contributed by atoms with Crippen LogP contribution < -0.4 is 14.8 Å². The molecule has 0 aliphatic carbocycles. The fourth-order valence-electron chi connectivity index (χ4n) is 3.37. The lowest BCUT2D eigenvalue weighted by Crippen LogP contribution is -2.11. The van der Waals surface area contributed by atoms with E-state index in [9.17, 15) is 10.1 Å². The van der Waals surface area contributed by atoms with Gasteiger partial charge in [0.2, 0.25) is 0 Å². The molecular weight excluding hydrogens is 538 g/mol. The van der Waals surface area contributed by atoms with Crippen molar-refractivity contribution < 1.29 is 34.8 Å². The summed E-state index contributed by atoms with van der Waals surface area (Å²) >= 11 is 6.43. The second-order valence-electron chi connectivity index (χ2n) is 8.29. The Labute approximate surface area is 266 Å². The van der Waals surface area contributed by atoms with Crippen LogP contribution in [0.1, 0.15) is 50.0 Å². The van der Waals surface area contributed by atoms with Gasteiger partial charge in [-0.3, -0.25) is 14.8 Å². The Balaban J connectivity index is 1.91. The molecule has 0 spiro atoms. The van der Waals surface area contributed by atoms with Gasteiger partial charge in [0.15, 0.2) is 5.78 Å². The predicted octanol–water partition coefficient (Wildman–Crippen LogP) is 6.41. The zero-order valence-electron chi connectivity index (χ0n) is 37.1. The molecule has 0 atom stereocenters. The highest BCUT2D eigenvalue weighted by atomic mass is 35.5. The summed E-state index contributed by atoms with van der Waals surface area (Å²) in [7, 11) is 1.24. The summed E-state index contributed by atoms with van der Waals surface area (Å²) < 4.78 is 135. The van der Waals surface area contributed by atoms with Crippen molar-refractivity contribution in [2.24, 2.45) is 0 Å². The Morgan fingerprint density at radius 1 is 1.29 bits per heavy atom. The van der Waals surface area contributed by atoms with Crippen LogP contribution in [0.4, 0.5) is 11.4 Å². The number of carbonyl (C=O) groups excluding carboxylic acids is 1. The molecule has 0 aliphatic rings. The van der Waals surface area contributed by atoms with Crippen LogP contribution in [0, 0.1) is 18.3 Å². The Morgan fingerprint density at radius 3 is 2.93 bits per heavy atom. The second-order valence-corrected chi connectivity index (χ2v) is 8.67. The number of nitrogens with zero attached hydrogens (tertiary/aromatic N) is 4. The zero-order chi connectivity index (χ0) is 42.4. The van der Waals surface area contributed by atoms with E-state index in [1.165, 1.54) is 14.0 Å². The van der Waals surface area contributed by atoms with Crippen LogP contribution in [0.25, 0.3) is 10.9 Å². The predicted molar refractivity (Wildman–Crippen MR) is 162 cm³/mol. The van der Waals surface area contributed by atoms with Crippen LogP contribution >= 0.6 is 11.6 Å². The van der Waals surface area contributed by atoms with E-state index < -0.39 is 120 Å². The number of fused-ring (bicyclic) bond motifs is 1. The smallest absolute Gasteiger partial charge is 0.159 e. The molecule has 0 aliphatic heterocycles. The maximum atomic E-state index is 13.2. The largest absolute Gasteiger partial charge is 0.494 e. The van der Waals surface area contributed by atoms with Gasteiger partial charge in [-0.25, -0.2) is 0 Å². The van der Waals surface area contributed by atoms with Crippen molar-refractivity contribution in [3.63, 3.8) is 0 Å². The second kappa shape index (κ2) is 13.8. The minimum absolute atomic E-state index is 0.0455. The molecule has 1 N–H and O–H groups in total. The Hall–Kier alpha value is -4.45. The molecule has 9 heteroatoms. The van der Waals surface area contributed by atoms with Crippen molar-refractivity contribution in [3.05, 3.63) is 94.2 Å². The summed E-state index contributed by atoms with van der Waals surface area (Å²) in [5.74, 6) is -1.88. The Bertz CT molecular complexity index is 2320. The number of nitrogens with one attached hydrogen (secondary N) is 1. The highest BCUT2D eigenvalue weighted by Gasteiger charge is 2.16. The van der Waals surface area contributed by atoms with Gasteiger partial charge in [-0.2, -0.15) is 5.26 Å². The van der Waals surface area contributed by atoms with Crippen LogP contribution in [-0.4, -0.2) is 47.8 Å². The van der Waals surface area contributed by atoms with E-state index in [1.54, 1.807) is 13.0 Å². The Morgan fingerprint density at radius 2 is 2.15 bits per heavy atom. The standard InChI is InChI=1S/C32H32ClN5O3/c1-5-40-31-17-29-27(15-22(31)14-26(39)10-7-13-38(3)4)32(23(18-34)19-35-29)37-24-11-12-30(28(33)16-24)41-20-25-9-6-8-21(2)36-25/h6-12,15-17,19H,5,13-14,20H2,1-4H3,(H,35,37)/b10-7+/i3D3,6D,7D,8D,9D,11D,12D,15D,16D,17D,19D,20D2. The lowest BCUT2D eigenvalue weighted by molar-refractivity contribution is -0.114. The van der Waals surface area contributed by atoms with Gasteiger partial charge in [0.25, 0.3) is 0 Å². The third-order valence-electron chi connectivity index (χ3n) is 5.08. The molecule has 4 aromatic rings. The van der Waals surface area contributed by atoms with Crippen LogP contribution in [-0.2, 0) is 17.8 Å². The molecule has 2 aromatic heterocycles. The highest BCUT2D eigenvalue weighted by molar-refractivity contribution is 6.32. The van der Waals surface area contributed by atoms with Crippen LogP contribution in [0.3, 0.4) is 0 Å². The van der Waals surface area contributed by atoms with E-state index in [0.29, 0.717) is 0 Å². The zero-order valence-corrected chi connectivity index (χ0v) is 22.8. The van der Waals surface area contributed by atoms with E-state index >= 15 is 0 Å². The van der Waals surface area contributed by atoms with E-state index in [0.717, 1.165) is 11.0 Å². The van der Waals surface area contributed by atoms with E-state index in [2.05, 4.69) is 15.3 Å². The van der Waals surface area contributed by atoms with Gasteiger partial charge in [-0.1, -0.05) is 23.7 Å². The number of pyridine rings is 2. The quantitative estimate of drug-likeness (QED) is 0.191. The number of anilines is 2. The summed E-state index contributed by atoms with van der Waals surface area (Å²) in [6.45, 7) is -3.19. The fraction of sp³-hybridized carbons (Fsp3) is 0.250. The number of nitriles is 1. The first-order chi connectivity index (χ1) is 25.9. The van der Waals surface area contributed by atoms with Gasteiger partial charge in [-0.05, 0) is 70.2 Å². The number of carbonyl (C=O) groups is 1. The molecule has 0 bridgehead atoms. The highest BCUT2D eigenvalue weighted by Crippen LogP contribution is 2.36. The number of halogens is 1. The lowest BCUT2D eigenvalue weighted by atomic mass is 10.0. The third kappa shape index (κ3) is 7.82. The molecule has 0 saturated heterocycles. The molecule has 0 unspecified atom stereocenters. The maximum absolute atomic E-state index is 13.2. The molecule has 8 nitrogen and oxygen atoms in total. The third-order valence-corrected chi connectivity index (χ3v) is 5.35. The first-order valence-corrected chi connectivity index (χ1v) is 12.4. The number of benzene rings is 2. The fourth-order valence-corrected chi connectivity index (χ4v) is 3.55. The molecule has 2 heterocycles. The molecular formula is C32H32ClN5O3.